The molecule has 2 nitrogen and oxygen atoms in total. The Balaban J connectivity index is 2.10. The summed E-state index contributed by atoms with van der Waals surface area (Å²) in [5, 5.41) is 0. The molecule has 1 aliphatic rings. The van der Waals surface area contributed by atoms with Gasteiger partial charge >= 0.3 is 0 Å². The predicted molar refractivity (Wildman–Crippen MR) is 61.5 cm³/mol. The van der Waals surface area contributed by atoms with Gasteiger partial charge in [-0.25, -0.2) is 0 Å². The molecule has 0 bridgehead atoms. The van der Waals surface area contributed by atoms with E-state index in [0.717, 1.165) is 13.1 Å². The second-order valence-corrected chi connectivity index (χ2v) is 4.58. The molecular weight excluding hydrogens is 192 g/mol. The van der Waals surface area contributed by atoms with Crippen molar-refractivity contribution in [1.82, 2.24) is 9.29 Å². The van der Waals surface area contributed by atoms with Gasteiger partial charge in [0.15, 0.2) is 0 Å². The number of piperidine rings is 1. The van der Waals surface area contributed by atoms with Crippen molar-refractivity contribution in [2.75, 3.05) is 13.1 Å². The molecule has 1 aromatic rings. The zero-order valence-electron chi connectivity index (χ0n) is 8.48. The molecular formula is C11H16N2S. The van der Waals surface area contributed by atoms with Gasteiger partial charge in [-0.05, 0) is 31.4 Å². The van der Waals surface area contributed by atoms with Gasteiger partial charge in [-0.15, -0.1) is 0 Å². The van der Waals surface area contributed by atoms with E-state index >= 15 is 0 Å². The van der Waals surface area contributed by atoms with Crippen molar-refractivity contribution >= 4 is 12.8 Å². The normalized spacial score (nSPS) is 23.7. The van der Waals surface area contributed by atoms with Crippen molar-refractivity contribution < 1.29 is 0 Å². The average molecular weight is 208 g/mol. The summed E-state index contributed by atoms with van der Waals surface area (Å²) in [6.07, 6.45) is 4.42. The van der Waals surface area contributed by atoms with Crippen molar-refractivity contribution in [3.63, 3.8) is 0 Å². The molecule has 1 aliphatic heterocycles. The molecule has 14 heavy (non-hydrogen) atoms. The van der Waals surface area contributed by atoms with Crippen molar-refractivity contribution in [2.24, 2.45) is 0 Å². The van der Waals surface area contributed by atoms with Crippen LogP contribution in [0.2, 0.25) is 0 Å². The molecule has 3 heteroatoms. The largest absolute Gasteiger partial charge is 0.261 e. The molecule has 1 unspecified atom stereocenters. The van der Waals surface area contributed by atoms with Gasteiger partial charge in [-0.2, -0.15) is 0 Å². The third-order valence-electron chi connectivity index (χ3n) is 2.75. The molecule has 0 spiro atoms. The van der Waals surface area contributed by atoms with Crippen molar-refractivity contribution in [1.29, 1.82) is 0 Å². The van der Waals surface area contributed by atoms with E-state index in [0.29, 0.717) is 5.92 Å². The standard InChI is InChI=1S/C11H16N2S/c1-9-4-5-11(12-7-9)10-3-2-6-13(14)8-10/h4-5,7,10,14H,2-3,6,8H2,1H3. The van der Waals surface area contributed by atoms with Gasteiger partial charge in [0.25, 0.3) is 0 Å². The van der Waals surface area contributed by atoms with Crippen molar-refractivity contribution in [3.8, 4) is 0 Å². The number of rotatable bonds is 1. The monoisotopic (exact) mass is 208 g/mol. The first-order valence-electron chi connectivity index (χ1n) is 5.12. The Morgan fingerprint density at radius 3 is 3.00 bits per heavy atom. The second-order valence-electron chi connectivity index (χ2n) is 4.01. The molecule has 0 amide bonds. The Bertz CT molecular complexity index is 297. The highest BCUT2D eigenvalue weighted by molar-refractivity contribution is 7.77. The van der Waals surface area contributed by atoms with Gasteiger partial charge in [-0.1, -0.05) is 18.9 Å². The number of thiol groups is 1. The van der Waals surface area contributed by atoms with Crippen LogP contribution in [0.5, 0.6) is 0 Å². The molecule has 1 aromatic heterocycles. The highest BCUT2D eigenvalue weighted by atomic mass is 32.1. The molecule has 0 aromatic carbocycles. The van der Waals surface area contributed by atoms with Gasteiger partial charge in [0.1, 0.15) is 0 Å². The van der Waals surface area contributed by atoms with E-state index in [1.165, 1.54) is 24.1 Å². The van der Waals surface area contributed by atoms with Crippen LogP contribution in [0.4, 0.5) is 0 Å². The number of aromatic nitrogens is 1. The quantitative estimate of drug-likeness (QED) is 0.713. The van der Waals surface area contributed by atoms with Crippen LogP contribution in [0.3, 0.4) is 0 Å². The van der Waals surface area contributed by atoms with Crippen LogP contribution in [-0.4, -0.2) is 22.4 Å². The minimum absolute atomic E-state index is 0.571. The summed E-state index contributed by atoms with van der Waals surface area (Å²) in [6.45, 7) is 4.20. The molecule has 0 aliphatic carbocycles. The average Bonchev–Trinajstić information content (AvgIpc) is 2.19. The third-order valence-corrected chi connectivity index (χ3v) is 3.12. The van der Waals surface area contributed by atoms with E-state index in [-0.39, 0.29) is 0 Å². The third kappa shape index (κ3) is 2.28. The van der Waals surface area contributed by atoms with Crippen molar-refractivity contribution in [3.05, 3.63) is 29.6 Å². The maximum atomic E-state index is 4.48. The lowest BCUT2D eigenvalue weighted by molar-refractivity contribution is 0.342. The minimum Gasteiger partial charge on any atom is -0.261 e. The van der Waals surface area contributed by atoms with E-state index in [1.54, 1.807) is 0 Å². The van der Waals surface area contributed by atoms with Crippen LogP contribution in [0.25, 0.3) is 0 Å². The number of hydrogen-bond acceptors (Lipinski definition) is 3. The molecule has 0 radical (unpaired) electrons. The topological polar surface area (TPSA) is 16.1 Å². The fourth-order valence-electron chi connectivity index (χ4n) is 1.92. The second kappa shape index (κ2) is 4.32. The fraction of sp³-hybridized carbons (Fsp3) is 0.545. The molecule has 0 N–H and O–H groups in total. The van der Waals surface area contributed by atoms with Crippen molar-refractivity contribution in [2.45, 2.75) is 25.7 Å². The lowest BCUT2D eigenvalue weighted by Gasteiger charge is -2.28. The molecule has 2 heterocycles. The Labute approximate surface area is 90.9 Å². The van der Waals surface area contributed by atoms with E-state index in [9.17, 15) is 0 Å². The minimum atomic E-state index is 0.571. The Hall–Kier alpha value is -0.540. The van der Waals surface area contributed by atoms with Gasteiger partial charge in [-0.3, -0.25) is 9.29 Å². The maximum absolute atomic E-state index is 4.48. The van der Waals surface area contributed by atoms with E-state index in [2.05, 4.69) is 41.2 Å². The first-order valence-corrected chi connectivity index (χ1v) is 5.52. The first kappa shape index (κ1) is 9.99. The van der Waals surface area contributed by atoms with Gasteiger partial charge < -0.3 is 0 Å². The van der Waals surface area contributed by atoms with Gasteiger partial charge in [0.05, 0.1) is 0 Å². The number of hydrogen-bond donors (Lipinski definition) is 1. The lowest BCUT2D eigenvalue weighted by atomic mass is 9.95. The zero-order valence-corrected chi connectivity index (χ0v) is 9.37. The molecule has 1 fully saturated rings. The summed E-state index contributed by atoms with van der Waals surface area (Å²) < 4.78 is 2.09. The summed E-state index contributed by atoms with van der Waals surface area (Å²) in [4.78, 5) is 4.48. The first-order chi connectivity index (χ1) is 6.75. The van der Waals surface area contributed by atoms with Crippen LogP contribution in [0, 0.1) is 6.92 Å². The molecule has 76 valence electrons. The fourth-order valence-corrected chi connectivity index (χ4v) is 2.26. The lowest BCUT2D eigenvalue weighted by Crippen LogP contribution is -2.27. The van der Waals surface area contributed by atoms with Crippen LogP contribution in [0.1, 0.15) is 30.0 Å². The van der Waals surface area contributed by atoms with Gasteiger partial charge in [0, 0.05) is 30.9 Å². The summed E-state index contributed by atoms with van der Waals surface area (Å²) in [5.41, 5.74) is 2.45. The van der Waals surface area contributed by atoms with Crippen LogP contribution in [-0.2, 0) is 0 Å². The SMILES string of the molecule is Cc1ccc(C2CCCN(S)C2)nc1. The number of aryl methyl sites for hydroxylation is 1. The number of pyridine rings is 1. The molecule has 1 atom stereocenters. The van der Waals surface area contributed by atoms with E-state index in [1.807, 2.05) is 6.20 Å². The van der Waals surface area contributed by atoms with Crippen LogP contribution >= 0.6 is 12.8 Å². The van der Waals surface area contributed by atoms with E-state index in [4.69, 9.17) is 0 Å². The summed E-state index contributed by atoms with van der Waals surface area (Å²) in [5.74, 6) is 0.571. The Morgan fingerprint density at radius 1 is 1.50 bits per heavy atom. The smallest absolute Gasteiger partial charge is 0.0447 e. The molecule has 2 rings (SSSR count). The molecule has 0 saturated carbocycles. The Morgan fingerprint density at radius 2 is 2.36 bits per heavy atom. The Kier molecular flexibility index (Phi) is 3.08. The summed E-state index contributed by atoms with van der Waals surface area (Å²) >= 11 is 4.40. The summed E-state index contributed by atoms with van der Waals surface area (Å²) in [6, 6.07) is 4.28. The predicted octanol–water partition coefficient (Wildman–Crippen LogP) is 2.41. The zero-order chi connectivity index (χ0) is 9.97. The highest BCUT2D eigenvalue weighted by Gasteiger charge is 2.19. The summed E-state index contributed by atoms with van der Waals surface area (Å²) in [7, 11) is 0. The van der Waals surface area contributed by atoms with Gasteiger partial charge in [0.2, 0.25) is 0 Å². The van der Waals surface area contributed by atoms with Crippen LogP contribution in [0.15, 0.2) is 18.3 Å². The highest BCUT2D eigenvalue weighted by Crippen LogP contribution is 2.26. The maximum Gasteiger partial charge on any atom is 0.0447 e. The number of nitrogens with zero attached hydrogens (tertiary/aromatic N) is 2. The van der Waals surface area contributed by atoms with E-state index < -0.39 is 0 Å². The van der Waals surface area contributed by atoms with Crippen LogP contribution < -0.4 is 0 Å². The molecule has 1 saturated heterocycles.